The number of benzene rings is 3. The third kappa shape index (κ3) is 3.04. The maximum absolute atomic E-state index is 12.9. The molecule has 0 unspecified atom stereocenters. The number of para-hydroxylation sites is 2. The molecule has 0 saturated heterocycles. The van der Waals surface area contributed by atoms with Crippen LogP contribution in [0.2, 0.25) is 0 Å². The Morgan fingerprint density at radius 3 is 2.52 bits per heavy atom. The van der Waals surface area contributed by atoms with Crippen LogP contribution in [0.4, 0.5) is 11.6 Å². The highest BCUT2D eigenvalue weighted by Crippen LogP contribution is 2.41. The van der Waals surface area contributed by atoms with Crippen molar-refractivity contribution in [3.63, 3.8) is 0 Å². The van der Waals surface area contributed by atoms with E-state index in [0.29, 0.717) is 28.0 Å². The van der Waals surface area contributed by atoms with Crippen molar-refractivity contribution >= 4 is 49.4 Å². The van der Waals surface area contributed by atoms with E-state index < -0.39 is 5.63 Å². The van der Waals surface area contributed by atoms with Gasteiger partial charge in [-0.1, -0.05) is 58.4 Å². The van der Waals surface area contributed by atoms with Crippen LogP contribution in [0.1, 0.15) is 5.56 Å². The topological polar surface area (TPSA) is 55.4 Å². The quantitative estimate of drug-likeness (QED) is 0.303. The van der Waals surface area contributed by atoms with Gasteiger partial charge in [-0.25, -0.2) is 4.79 Å². The zero-order valence-electron chi connectivity index (χ0n) is 15.5. The van der Waals surface area contributed by atoms with E-state index in [-0.39, 0.29) is 0 Å². The summed E-state index contributed by atoms with van der Waals surface area (Å²) in [6, 6.07) is 23.1. The molecule has 0 atom stereocenters. The molecule has 29 heavy (non-hydrogen) atoms. The van der Waals surface area contributed by atoms with E-state index in [1.165, 1.54) is 0 Å². The van der Waals surface area contributed by atoms with Crippen molar-refractivity contribution in [2.75, 3.05) is 5.32 Å². The Labute approximate surface area is 174 Å². The summed E-state index contributed by atoms with van der Waals surface area (Å²) >= 11 is 3.52. The van der Waals surface area contributed by atoms with Gasteiger partial charge in [0.1, 0.15) is 11.0 Å². The van der Waals surface area contributed by atoms with Crippen LogP contribution in [0.5, 0.6) is 0 Å². The predicted octanol–water partition coefficient (Wildman–Crippen LogP) is 7.02. The van der Waals surface area contributed by atoms with E-state index >= 15 is 0 Å². The van der Waals surface area contributed by atoms with E-state index in [1.807, 2.05) is 73.7 Å². The van der Waals surface area contributed by atoms with Crippen molar-refractivity contribution in [3.8, 4) is 11.1 Å². The maximum Gasteiger partial charge on any atom is 0.348 e. The largest absolute Gasteiger partial charge is 0.439 e. The second-order valence-corrected chi connectivity index (χ2v) is 7.76. The summed E-state index contributed by atoms with van der Waals surface area (Å²) in [5.41, 5.74) is 4.13. The molecule has 5 rings (SSSR count). The molecule has 142 valence electrons. The van der Waals surface area contributed by atoms with Gasteiger partial charge in [0.25, 0.3) is 0 Å². The average Bonchev–Trinajstić information content (AvgIpc) is 3.10. The van der Waals surface area contributed by atoms with Gasteiger partial charge in [-0.3, -0.25) is 0 Å². The van der Waals surface area contributed by atoms with Crippen molar-refractivity contribution in [1.82, 2.24) is 0 Å². The molecule has 0 fully saturated rings. The summed E-state index contributed by atoms with van der Waals surface area (Å²) in [6.07, 6.45) is 0. The highest BCUT2D eigenvalue weighted by molar-refractivity contribution is 9.10. The highest BCUT2D eigenvalue weighted by Gasteiger charge is 2.23. The van der Waals surface area contributed by atoms with Crippen molar-refractivity contribution in [3.05, 3.63) is 93.3 Å². The molecule has 0 aliphatic heterocycles. The fourth-order valence-corrected chi connectivity index (χ4v) is 3.95. The summed E-state index contributed by atoms with van der Waals surface area (Å²) in [4.78, 5) is 12.9. The van der Waals surface area contributed by atoms with Gasteiger partial charge in [0.2, 0.25) is 5.88 Å². The summed E-state index contributed by atoms with van der Waals surface area (Å²) < 4.78 is 12.8. The molecule has 5 aromatic rings. The Bertz CT molecular complexity index is 1430. The Hall–Kier alpha value is -3.31. The minimum absolute atomic E-state index is 0.421. The van der Waals surface area contributed by atoms with Crippen molar-refractivity contribution < 1.29 is 8.83 Å². The van der Waals surface area contributed by atoms with Gasteiger partial charge in [-0.2, -0.15) is 0 Å². The summed E-state index contributed by atoms with van der Waals surface area (Å²) in [6.45, 7) is 2.02. The number of halogens is 1. The lowest BCUT2D eigenvalue weighted by molar-refractivity contribution is 0.566. The molecule has 0 bridgehead atoms. The lowest BCUT2D eigenvalue weighted by Crippen LogP contribution is -2.00. The van der Waals surface area contributed by atoms with Gasteiger partial charge in [-0.05, 0) is 48.4 Å². The number of furan rings is 1. The molecule has 0 amide bonds. The molecule has 0 saturated carbocycles. The Kier molecular flexibility index (Phi) is 4.25. The molecule has 1 N–H and O–H groups in total. The van der Waals surface area contributed by atoms with Gasteiger partial charge in [0.15, 0.2) is 5.58 Å². The molecular weight excluding hydrogens is 430 g/mol. The van der Waals surface area contributed by atoms with Crippen LogP contribution in [-0.4, -0.2) is 0 Å². The number of hydrogen-bond donors (Lipinski definition) is 1. The number of fused-ring (bicyclic) bond motifs is 3. The Morgan fingerprint density at radius 1 is 0.897 bits per heavy atom. The normalized spacial score (nSPS) is 11.2. The highest BCUT2D eigenvalue weighted by atomic mass is 79.9. The first-order valence-electron chi connectivity index (χ1n) is 9.19. The molecule has 2 heterocycles. The molecule has 3 aromatic carbocycles. The lowest BCUT2D eigenvalue weighted by atomic mass is 10.0. The number of aryl methyl sites for hydroxylation is 1. The van der Waals surface area contributed by atoms with Crippen LogP contribution in [-0.2, 0) is 0 Å². The molecule has 0 aliphatic rings. The van der Waals surface area contributed by atoms with Gasteiger partial charge in [0, 0.05) is 10.2 Å². The van der Waals surface area contributed by atoms with Gasteiger partial charge in [0.05, 0.1) is 10.9 Å². The second kappa shape index (κ2) is 6.94. The van der Waals surface area contributed by atoms with Gasteiger partial charge in [-0.15, -0.1) is 0 Å². The van der Waals surface area contributed by atoms with Crippen LogP contribution in [0, 0.1) is 6.92 Å². The first-order valence-corrected chi connectivity index (χ1v) is 9.98. The molecule has 0 aliphatic carbocycles. The molecule has 4 nitrogen and oxygen atoms in total. The van der Waals surface area contributed by atoms with Crippen LogP contribution in [0.25, 0.3) is 33.1 Å². The minimum atomic E-state index is -0.421. The van der Waals surface area contributed by atoms with Crippen LogP contribution in [0.15, 0.2) is 90.9 Å². The number of anilines is 2. The first kappa shape index (κ1) is 17.8. The van der Waals surface area contributed by atoms with E-state index in [4.69, 9.17) is 8.83 Å². The Morgan fingerprint density at radius 2 is 1.69 bits per heavy atom. The van der Waals surface area contributed by atoms with E-state index in [0.717, 1.165) is 26.7 Å². The van der Waals surface area contributed by atoms with Crippen LogP contribution in [0.3, 0.4) is 0 Å². The third-order valence-corrected chi connectivity index (χ3v) is 5.45. The molecule has 5 heteroatoms. The first-order chi connectivity index (χ1) is 14.1. The fraction of sp³-hybridized carbons (Fsp3) is 0.0417. The van der Waals surface area contributed by atoms with Crippen LogP contribution >= 0.6 is 15.9 Å². The number of rotatable bonds is 3. The van der Waals surface area contributed by atoms with E-state index in [1.54, 1.807) is 6.07 Å². The summed E-state index contributed by atoms with van der Waals surface area (Å²) in [7, 11) is 0. The number of hydrogen-bond acceptors (Lipinski definition) is 4. The summed E-state index contributed by atoms with van der Waals surface area (Å²) in [5, 5.41) is 4.57. The maximum atomic E-state index is 12.9. The lowest BCUT2D eigenvalue weighted by Gasteiger charge is -2.09. The van der Waals surface area contributed by atoms with Crippen LogP contribution < -0.4 is 10.9 Å². The predicted molar refractivity (Wildman–Crippen MR) is 120 cm³/mol. The molecular formula is C24H16BrNO3. The van der Waals surface area contributed by atoms with Gasteiger partial charge < -0.3 is 14.2 Å². The molecule has 0 spiro atoms. The second-order valence-electron chi connectivity index (χ2n) is 6.85. The zero-order valence-corrected chi connectivity index (χ0v) is 17.1. The molecule has 2 aromatic heterocycles. The Balaban J connectivity index is 1.87. The monoisotopic (exact) mass is 445 g/mol. The van der Waals surface area contributed by atoms with E-state index in [9.17, 15) is 4.79 Å². The summed E-state index contributed by atoms with van der Waals surface area (Å²) in [5.74, 6) is 0.510. The zero-order chi connectivity index (χ0) is 20.0. The van der Waals surface area contributed by atoms with Crippen molar-refractivity contribution in [2.24, 2.45) is 0 Å². The SMILES string of the molecule is Cc1ccccc1Nc1oc2c(c1-c1cccc(Br)c1)c(=O)oc1ccccc12. The minimum Gasteiger partial charge on any atom is -0.439 e. The van der Waals surface area contributed by atoms with E-state index in [2.05, 4.69) is 21.2 Å². The number of nitrogens with one attached hydrogen (secondary N) is 1. The molecule has 0 radical (unpaired) electrons. The van der Waals surface area contributed by atoms with Crippen molar-refractivity contribution in [1.29, 1.82) is 0 Å². The van der Waals surface area contributed by atoms with Crippen molar-refractivity contribution in [2.45, 2.75) is 6.92 Å². The smallest absolute Gasteiger partial charge is 0.348 e. The average molecular weight is 446 g/mol. The fourth-order valence-electron chi connectivity index (χ4n) is 3.55. The standard InChI is InChI=1S/C24H16BrNO3/c1-14-7-2-4-11-18(14)26-23-20(15-8-6-9-16(25)13-15)21-22(29-23)17-10-3-5-12-19(17)28-24(21)27/h2-13,26H,1H3. The van der Waals surface area contributed by atoms with Gasteiger partial charge >= 0.3 is 5.63 Å². The third-order valence-electron chi connectivity index (χ3n) is 4.95.